The number of hydrogen-bond donors (Lipinski definition) is 1. The maximum Gasteiger partial charge on any atom is 0.166 e. The molecule has 20 heavy (non-hydrogen) atoms. The molecule has 1 unspecified atom stereocenters. The molecule has 1 N–H and O–H groups in total. The average molecular weight is 323 g/mol. The van der Waals surface area contributed by atoms with Crippen molar-refractivity contribution in [2.75, 3.05) is 36.9 Å². The molecule has 0 radical (unpaired) electrons. The second-order valence-electron chi connectivity index (χ2n) is 5.69. The largest absolute Gasteiger partial charge is 0.315 e. The summed E-state index contributed by atoms with van der Waals surface area (Å²) in [4.78, 5) is 2.19. The third kappa shape index (κ3) is 6.33. The van der Waals surface area contributed by atoms with Gasteiger partial charge in [-0.15, -0.1) is 0 Å². The van der Waals surface area contributed by atoms with Crippen LogP contribution >= 0.6 is 11.8 Å². The number of unbranched alkanes of at least 4 members (excludes halogenated alkanes) is 2. The Labute approximate surface area is 129 Å². The molecular weight excluding hydrogens is 292 g/mol. The molecule has 120 valence electrons. The molecule has 1 heterocycles. The monoisotopic (exact) mass is 322 g/mol. The quantitative estimate of drug-likeness (QED) is 0.658. The predicted molar refractivity (Wildman–Crippen MR) is 89.1 cm³/mol. The molecule has 0 aromatic carbocycles. The van der Waals surface area contributed by atoms with Crippen molar-refractivity contribution in [1.82, 2.24) is 10.2 Å². The minimum Gasteiger partial charge on any atom is -0.315 e. The van der Waals surface area contributed by atoms with Crippen LogP contribution in [0.15, 0.2) is 0 Å². The van der Waals surface area contributed by atoms with Crippen molar-refractivity contribution in [2.45, 2.75) is 51.4 Å². The number of sulfone groups is 1. The standard InChI is InChI=1S/C14H30N2O2S2/c1-4-20(17,18)14-12-19-11-10-16(14)9-7-5-6-8-15-13(2)3/h13-15H,4-12H2,1-3H3. The third-order valence-electron chi connectivity index (χ3n) is 3.68. The lowest BCUT2D eigenvalue weighted by atomic mass is 10.2. The SMILES string of the molecule is CCS(=O)(=O)C1CSCCN1CCCCCNC(C)C. The molecule has 1 atom stereocenters. The maximum atomic E-state index is 12.1. The van der Waals surface area contributed by atoms with Crippen LogP contribution in [0.5, 0.6) is 0 Å². The number of nitrogens with zero attached hydrogens (tertiary/aromatic N) is 1. The molecule has 1 aliphatic heterocycles. The van der Waals surface area contributed by atoms with E-state index >= 15 is 0 Å². The van der Waals surface area contributed by atoms with Gasteiger partial charge in [0.05, 0.1) is 0 Å². The van der Waals surface area contributed by atoms with Crippen molar-refractivity contribution in [1.29, 1.82) is 0 Å². The Bertz CT molecular complexity index is 358. The van der Waals surface area contributed by atoms with Crippen molar-refractivity contribution < 1.29 is 8.42 Å². The molecule has 1 aliphatic rings. The second-order valence-corrected chi connectivity index (χ2v) is 9.28. The predicted octanol–water partition coefficient (Wildman–Crippen LogP) is 1.96. The Morgan fingerprint density at radius 3 is 2.70 bits per heavy atom. The van der Waals surface area contributed by atoms with Gasteiger partial charge in [-0.1, -0.05) is 27.2 Å². The molecule has 0 amide bonds. The molecule has 1 fully saturated rings. The fraction of sp³-hybridized carbons (Fsp3) is 1.00. The van der Waals surface area contributed by atoms with Crippen LogP contribution in [0.2, 0.25) is 0 Å². The van der Waals surface area contributed by atoms with Crippen molar-refractivity contribution in [3.8, 4) is 0 Å². The average Bonchev–Trinajstić information content (AvgIpc) is 2.42. The van der Waals surface area contributed by atoms with Gasteiger partial charge in [-0.3, -0.25) is 4.90 Å². The summed E-state index contributed by atoms with van der Waals surface area (Å²) in [6, 6.07) is 0.549. The molecule has 0 aliphatic carbocycles. The Hall–Kier alpha value is 0.220. The summed E-state index contributed by atoms with van der Waals surface area (Å²) in [7, 11) is -2.94. The van der Waals surface area contributed by atoms with Gasteiger partial charge in [-0.2, -0.15) is 11.8 Å². The first-order chi connectivity index (χ1) is 9.47. The van der Waals surface area contributed by atoms with Crippen LogP contribution in [0.25, 0.3) is 0 Å². The van der Waals surface area contributed by atoms with Crippen LogP contribution < -0.4 is 5.32 Å². The van der Waals surface area contributed by atoms with E-state index in [2.05, 4.69) is 24.1 Å². The van der Waals surface area contributed by atoms with Gasteiger partial charge in [0, 0.05) is 29.8 Å². The van der Waals surface area contributed by atoms with Crippen molar-refractivity contribution >= 4 is 21.6 Å². The van der Waals surface area contributed by atoms with Gasteiger partial charge in [-0.05, 0) is 25.9 Å². The number of rotatable bonds is 9. The number of thioether (sulfide) groups is 1. The van der Waals surface area contributed by atoms with E-state index in [1.165, 1.54) is 12.8 Å². The second kappa shape index (κ2) is 9.28. The molecular formula is C14H30N2O2S2. The molecule has 4 nitrogen and oxygen atoms in total. The highest BCUT2D eigenvalue weighted by atomic mass is 32.2. The third-order valence-corrected chi connectivity index (χ3v) is 7.01. The van der Waals surface area contributed by atoms with Gasteiger partial charge < -0.3 is 5.32 Å². The van der Waals surface area contributed by atoms with Crippen LogP contribution in [0.3, 0.4) is 0 Å². The minimum absolute atomic E-state index is 0.250. The van der Waals surface area contributed by atoms with E-state index < -0.39 is 9.84 Å². The van der Waals surface area contributed by atoms with Gasteiger partial charge >= 0.3 is 0 Å². The summed E-state index contributed by atoms with van der Waals surface area (Å²) in [5, 5.41) is 3.16. The normalized spacial score (nSPS) is 21.5. The fourth-order valence-corrected chi connectivity index (χ4v) is 5.51. The lowest BCUT2D eigenvalue weighted by molar-refractivity contribution is 0.263. The molecule has 0 saturated carbocycles. The van der Waals surface area contributed by atoms with Gasteiger partial charge in [0.25, 0.3) is 0 Å². The highest BCUT2D eigenvalue weighted by Crippen LogP contribution is 2.21. The van der Waals surface area contributed by atoms with Crippen LogP contribution in [0.4, 0.5) is 0 Å². The van der Waals surface area contributed by atoms with Crippen molar-refractivity contribution in [3.05, 3.63) is 0 Å². The lowest BCUT2D eigenvalue weighted by Gasteiger charge is -2.34. The van der Waals surface area contributed by atoms with Crippen LogP contribution in [0.1, 0.15) is 40.0 Å². The van der Waals surface area contributed by atoms with E-state index in [9.17, 15) is 8.42 Å². The molecule has 0 spiro atoms. The molecule has 1 saturated heterocycles. The summed E-state index contributed by atoms with van der Waals surface area (Å²) in [6.07, 6.45) is 3.44. The summed E-state index contributed by atoms with van der Waals surface area (Å²) < 4.78 is 24.2. The topological polar surface area (TPSA) is 49.4 Å². The van der Waals surface area contributed by atoms with Crippen molar-refractivity contribution in [2.24, 2.45) is 0 Å². The molecule has 0 aromatic heterocycles. The number of hydrogen-bond acceptors (Lipinski definition) is 5. The van der Waals surface area contributed by atoms with Gasteiger partial charge in [-0.25, -0.2) is 8.42 Å². The van der Waals surface area contributed by atoms with E-state index in [1.807, 2.05) is 0 Å². The Balaban J connectivity index is 2.29. The van der Waals surface area contributed by atoms with E-state index in [0.717, 1.165) is 37.6 Å². The minimum atomic E-state index is -2.94. The van der Waals surface area contributed by atoms with Crippen LogP contribution in [-0.4, -0.2) is 61.6 Å². The molecule has 0 bridgehead atoms. The van der Waals surface area contributed by atoms with Crippen LogP contribution in [-0.2, 0) is 9.84 Å². The van der Waals surface area contributed by atoms with Gasteiger partial charge in [0.1, 0.15) is 5.37 Å². The van der Waals surface area contributed by atoms with E-state index in [4.69, 9.17) is 0 Å². The molecule has 1 rings (SSSR count). The zero-order valence-corrected chi connectivity index (χ0v) is 14.7. The van der Waals surface area contributed by atoms with E-state index in [1.54, 1.807) is 18.7 Å². The molecule has 6 heteroatoms. The van der Waals surface area contributed by atoms with Crippen LogP contribution in [0, 0.1) is 0 Å². The number of nitrogens with one attached hydrogen (secondary N) is 1. The first kappa shape index (κ1) is 18.3. The highest BCUT2D eigenvalue weighted by Gasteiger charge is 2.32. The van der Waals surface area contributed by atoms with Crippen molar-refractivity contribution in [3.63, 3.8) is 0 Å². The summed E-state index contributed by atoms with van der Waals surface area (Å²) in [5.41, 5.74) is 0. The summed E-state index contributed by atoms with van der Waals surface area (Å²) in [6.45, 7) is 8.97. The fourth-order valence-electron chi connectivity index (χ4n) is 2.40. The van der Waals surface area contributed by atoms with E-state index in [0.29, 0.717) is 6.04 Å². The first-order valence-electron chi connectivity index (χ1n) is 7.74. The van der Waals surface area contributed by atoms with E-state index in [-0.39, 0.29) is 11.1 Å². The Morgan fingerprint density at radius 2 is 2.05 bits per heavy atom. The Morgan fingerprint density at radius 1 is 1.30 bits per heavy atom. The first-order valence-corrected chi connectivity index (χ1v) is 10.6. The highest BCUT2D eigenvalue weighted by molar-refractivity contribution is 8.01. The smallest absolute Gasteiger partial charge is 0.166 e. The molecule has 0 aromatic rings. The van der Waals surface area contributed by atoms with Gasteiger partial charge in [0.15, 0.2) is 9.84 Å². The maximum absolute atomic E-state index is 12.1. The summed E-state index contributed by atoms with van der Waals surface area (Å²) in [5.74, 6) is 2.06. The zero-order chi connectivity index (χ0) is 15.0. The lowest BCUT2D eigenvalue weighted by Crippen LogP contribution is -2.48. The van der Waals surface area contributed by atoms with Gasteiger partial charge in [0.2, 0.25) is 0 Å². The summed E-state index contributed by atoms with van der Waals surface area (Å²) >= 11 is 1.77. The Kier molecular flexibility index (Phi) is 8.48. The zero-order valence-electron chi connectivity index (χ0n) is 13.1.